The summed E-state index contributed by atoms with van der Waals surface area (Å²) in [6.07, 6.45) is 4.16. The second kappa shape index (κ2) is 15.5. The maximum Gasteiger partial charge on any atom is 0.408 e. The third-order valence-electron chi connectivity index (χ3n) is 13.5. The van der Waals surface area contributed by atoms with Gasteiger partial charge in [0.05, 0.1) is 29.6 Å². The van der Waals surface area contributed by atoms with Gasteiger partial charge in [-0.1, -0.05) is 52.7 Å². The Bertz CT molecular complexity index is 2180. The molecule has 3 fully saturated rings. The van der Waals surface area contributed by atoms with Crippen LogP contribution < -0.4 is 19.5 Å². The summed E-state index contributed by atoms with van der Waals surface area (Å²) in [6, 6.07) is 2.17. The zero-order valence-corrected chi connectivity index (χ0v) is 35.9. The van der Waals surface area contributed by atoms with E-state index in [0.717, 1.165) is 6.42 Å². The standard InChI is InChI=1S/C43H58FN5O9S/c1-24(2)26(5)49(40(53)54)32-14-12-10-8-9-11-13-27-20-43(27,39(52)47-59(55,56)41(6)17-18-41)46-37(50)33-22-42(23-48(33)38(32)51)21-30(44)34-29-19-28(57-7)15-16-31(29)45-35(25(3)4)36(34)58-42/h11,13,15-16,19,24-27,30,32-33H,8-10,12,14,17-18,20-23H2,1-7H3,(H,46,50)(H,47,52)(H,53,54)/b13-11-/t26-,27+,30+,32-,33-,42+,43+/m0/s1. The van der Waals surface area contributed by atoms with Gasteiger partial charge in [-0.25, -0.2) is 22.6 Å². The fraction of sp³-hybridized carbons (Fsp3) is 0.651. The number of nitrogens with zero attached hydrogens (tertiary/aromatic N) is 3. The number of aromatic nitrogens is 1. The number of amides is 4. The van der Waals surface area contributed by atoms with Gasteiger partial charge in [-0.05, 0) is 82.4 Å². The van der Waals surface area contributed by atoms with Crippen molar-refractivity contribution in [2.45, 2.75) is 152 Å². The lowest BCUT2D eigenvalue weighted by molar-refractivity contribution is -0.144. The molecular formula is C43H58FN5O9S. The summed E-state index contributed by atoms with van der Waals surface area (Å²) in [5, 5.41) is 14.0. The Morgan fingerprint density at radius 3 is 2.47 bits per heavy atom. The zero-order valence-electron chi connectivity index (χ0n) is 35.0. The van der Waals surface area contributed by atoms with Crippen molar-refractivity contribution in [2.75, 3.05) is 13.7 Å². The first-order chi connectivity index (χ1) is 27.8. The molecule has 16 heteroatoms. The largest absolute Gasteiger partial charge is 0.497 e. The fourth-order valence-corrected chi connectivity index (χ4v) is 10.4. The molecule has 1 spiro atoms. The van der Waals surface area contributed by atoms with Crippen LogP contribution in [0.15, 0.2) is 30.4 Å². The van der Waals surface area contributed by atoms with Gasteiger partial charge < -0.3 is 24.8 Å². The Morgan fingerprint density at radius 1 is 1.10 bits per heavy atom. The van der Waals surface area contributed by atoms with E-state index in [1.165, 1.54) is 16.9 Å². The Labute approximate surface area is 345 Å². The molecule has 0 radical (unpaired) electrons. The van der Waals surface area contributed by atoms with Gasteiger partial charge in [-0.3, -0.25) is 24.0 Å². The van der Waals surface area contributed by atoms with E-state index < -0.39 is 79.9 Å². The SMILES string of the molecule is COc1ccc2nc(C(C)C)c3c(c2c1)[C@H](F)C[C@]1(C[C@H]2C(=O)N[C@]4(C(=O)NS(=O)(=O)C5(C)CC5)C[C@H]4/C=C\CCCCC[C@H](N(C(=O)O)[C@@H](C)C(C)C)C(=O)N2C1)O3. The number of carbonyl (C=O) groups is 4. The van der Waals surface area contributed by atoms with E-state index in [2.05, 4.69) is 10.0 Å². The molecule has 3 aliphatic heterocycles. The Morgan fingerprint density at radius 2 is 1.83 bits per heavy atom. The summed E-state index contributed by atoms with van der Waals surface area (Å²) in [4.78, 5) is 64.5. The number of benzene rings is 1. The minimum absolute atomic E-state index is 0.136. The van der Waals surface area contributed by atoms with Gasteiger partial charge in [0.25, 0.3) is 5.91 Å². The monoisotopic (exact) mass is 839 g/mol. The molecule has 1 saturated heterocycles. The van der Waals surface area contributed by atoms with Crippen LogP contribution in [0.2, 0.25) is 0 Å². The highest BCUT2D eigenvalue weighted by atomic mass is 32.2. The summed E-state index contributed by atoms with van der Waals surface area (Å²) >= 11 is 0. The van der Waals surface area contributed by atoms with Crippen molar-refractivity contribution < 1.29 is 46.6 Å². The van der Waals surface area contributed by atoms with E-state index in [1.54, 1.807) is 32.0 Å². The second-order valence-corrected chi connectivity index (χ2v) is 20.5. The summed E-state index contributed by atoms with van der Waals surface area (Å²) in [5.74, 6) is -2.33. The number of fused-ring (bicyclic) bond motifs is 5. The van der Waals surface area contributed by atoms with Crippen LogP contribution in [0, 0.1) is 11.8 Å². The van der Waals surface area contributed by atoms with Crippen molar-refractivity contribution in [1.29, 1.82) is 0 Å². The van der Waals surface area contributed by atoms with Crippen molar-refractivity contribution in [3.8, 4) is 11.5 Å². The van der Waals surface area contributed by atoms with Crippen LogP contribution in [0.5, 0.6) is 11.5 Å². The molecule has 2 aliphatic carbocycles. The van der Waals surface area contributed by atoms with Crippen molar-refractivity contribution in [3.63, 3.8) is 0 Å². The van der Waals surface area contributed by atoms with Gasteiger partial charge in [-0.15, -0.1) is 0 Å². The van der Waals surface area contributed by atoms with E-state index in [9.17, 15) is 27.9 Å². The van der Waals surface area contributed by atoms with Crippen LogP contribution in [-0.2, 0) is 24.4 Å². The van der Waals surface area contributed by atoms with Gasteiger partial charge in [0.15, 0.2) is 0 Å². The number of carbonyl (C=O) groups excluding carboxylic acids is 3. The lowest BCUT2D eigenvalue weighted by atomic mass is 9.85. The summed E-state index contributed by atoms with van der Waals surface area (Å²) in [7, 11) is -2.54. The molecule has 14 nitrogen and oxygen atoms in total. The van der Waals surface area contributed by atoms with E-state index in [0.29, 0.717) is 60.0 Å². The molecule has 1 aromatic carbocycles. The first-order valence-corrected chi connectivity index (χ1v) is 22.5. The molecule has 2 saturated carbocycles. The van der Waals surface area contributed by atoms with Crippen molar-refractivity contribution >= 4 is 44.7 Å². The predicted octanol–water partition coefficient (Wildman–Crippen LogP) is 6.29. The molecular weight excluding hydrogens is 782 g/mol. The molecule has 0 unspecified atom stereocenters. The number of pyridine rings is 1. The quantitative estimate of drug-likeness (QED) is 0.256. The highest BCUT2D eigenvalue weighted by Gasteiger charge is 2.64. The minimum atomic E-state index is -4.06. The van der Waals surface area contributed by atoms with Crippen LogP contribution in [0.3, 0.4) is 0 Å². The fourth-order valence-electron chi connectivity index (χ4n) is 9.12. The number of carboxylic acid groups (broad SMARTS) is 1. The van der Waals surface area contributed by atoms with E-state index in [-0.39, 0.29) is 49.8 Å². The minimum Gasteiger partial charge on any atom is -0.497 e. The van der Waals surface area contributed by atoms with Crippen molar-refractivity contribution in [2.24, 2.45) is 11.8 Å². The number of methoxy groups -OCH3 is 1. The number of hydrogen-bond acceptors (Lipinski definition) is 9. The lowest BCUT2D eigenvalue weighted by Gasteiger charge is -2.40. The third-order valence-corrected chi connectivity index (χ3v) is 15.6. The average Bonchev–Trinajstić information content (AvgIpc) is 4.06. The van der Waals surface area contributed by atoms with Gasteiger partial charge in [0.1, 0.15) is 40.9 Å². The lowest BCUT2D eigenvalue weighted by Crippen LogP contribution is -2.60. The molecule has 59 heavy (non-hydrogen) atoms. The maximum atomic E-state index is 17.1. The molecule has 7 rings (SSSR count). The van der Waals surface area contributed by atoms with Crippen molar-refractivity contribution in [1.82, 2.24) is 24.8 Å². The molecule has 7 atom stereocenters. The van der Waals surface area contributed by atoms with Gasteiger partial charge in [0.2, 0.25) is 21.8 Å². The first kappa shape index (κ1) is 42.6. The van der Waals surface area contributed by atoms with Gasteiger partial charge in [0, 0.05) is 35.8 Å². The molecule has 0 bridgehead atoms. The number of sulfonamides is 1. The van der Waals surface area contributed by atoms with E-state index >= 15 is 9.18 Å². The van der Waals surface area contributed by atoms with Crippen LogP contribution in [0.1, 0.15) is 129 Å². The summed E-state index contributed by atoms with van der Waals surface area (Å²) < 4.78 is 57.2. The first-order valence-electron chi connectivity index (χ1n) is 21.0. The second-order valence-electron chi connectivity index (χ2n) is 18.3. The normalized spacial score (nSPS) is 30.2. The highest BCUT2D eigenvalue weighted by Crippen LogP contribution is 2.53. The average molecular weight is 840 g/mol. The molecule has 4 amide bonds. The summed E-state index contributed by atoms with van der Waals surface area (Å²) in [5.41, 5.74) is -1.69. The number of hydrogen-bond donors (Lipinski definition) is 3. The number of nitrogens with one attached hydrogen (secondary N) is 2. The molecule has 4 heterocycles. The molecule has 5 aliphatic rings. The number of alkyl halides is 1. The molecule has 2 aromatic rings. The van der Waals surface area contributed by atoms with E-state index in [4.69, 9.17) is 14.5 Å². The van der Waals surface area contributed by atoms with Gasteiger partial charge in [-0.2, -0.15) is 0 Å². The van der Waals surface area contributed by atoms with Crippen LogP contribution in [0.25, 0.3) is 10.9 Å². The van der Waals surface area contributed by atoms with Crippen molar-refractivity contribution in [3.05, 3.63) is 41.6 Å². The molecule has 1 aromatic heterocycles. The smallest absolute Gasteiger partial charge is 0.408 e. The molecule has 322 valence electrons. The number of ether oxygens (including phenoxy) is 2. The maximum absolute atomic E-state index is 17.1. The van der Waals surface area contributed by atoms with Crippen LogP contribution >= 0.6 is 0 Å². The topological polar surface area (TPSA) is 185 Å². The number of halogens is 1. The van der Waals surface area contributed by atoms with Gasteiger partial charge >= 0.3 is 6.09 Å². The van der Waals surface area contributed by atoms with E-state index in [1.807, 2.05) is 39.8 Å². The number of rotatable bonds is 8. The number of allylic oxidation sites excluding steroid dienone is 1. The molecule has 3 N–H and O–H groups in total. The Kier molecular flexibility index (Phi) is 11.2. The highest BCUT2D eigenvalue weighted by molar-refractivity contribution is 7.91. The predicted molar refractivity (Wildman–Crippen MR) is 218 cm³/mol. The Hall–Kier alpha value is -4.47. The third kappa shape index (κ3) is 7.74. The summed E-state index contributed by atoms with van der Waals surface area (Å²) in [6.45, 7) is 10.7. The van der Waals surface area contributed by atoms with Crippen LogP contribution in [-0.4, -0.2) is 99.8 Å². The van der Waals surface area contributed by atoms with Crippen LogP contribution in [0.4, 0.5) is 9.18 Å². The zero-order chi connectivity index (χ0) is 42.8. The Balaban J connectivity index is 1.32.